The van der Waals surface area contributed by atoms with Crippen LogP contribution in [0, 0.1) is 11.3 Å². The van der Waals surface area contributed by atoms with Crippen LogP contribution in [0.4, 0.5) is 5.82 Å². The summed E-state index contributed by atoms with van der Waals surface area (Å²) in [5, 5.41) is 4.47. The van der Waals surface area contributed by atoms with Crippen molar-refractivity contribution in [2.24, 2.45) is 16.4 Å². The molecule has 1 aliphatic rings. The van der Waals surface area contributed by atoms with E-state index in [1.165, 1.54) is 18.6 Å². The van der Waals surface area contributed by atoms with Gasteiger partial charge in [0.1, 0.15) is 5.82 Å². The maximum Gasteiger partial charge on any atom is 0.146 e. The predicted molar refractivity (Wildman–Crippen MR) is 76.7 cm³/mol. The molecule has 0 saturated heterocycles. The van der Waals surface area contributed by atoms with E-state index in [1.807, 2.05) is 18.2 Å². The molecule has 0 radical (unpaired) electrons. The third-order valence-electron chi connectivity index (χ3n) is 3.78. The fourth-order valence-electron chi connectivity index (χ4n) is 2.49. The number of rotatable bonds is 2. The predicted octanol–water partition coefficient (Wildman–Crippen LogP) is 4.09. The number of hydrazone groups is 1. The number of anilines is 1. The van der Waals surface area contributed by atoms with Gasteiger partial charge >= 0.3 is 0 Å². The van der Waals surface area contributed by atoms with E-state index in [0.717, 1.165) is 24.6 Å². The van der Waals surface area contributed by atoms with E-state index in [4.69, 9.17) is 0 Å². The molecule has 3 heteroatoms. The molecule has 0 atom stereocenters. The smallest absolute Gasteiger partial charge is 0.146 e. The Morgan fingerprint density at radius 3 is 2.50 bits per heavy atom. The van der Waals surface area contributed by atoms with Crippen LogP contribution < -0.4 is 5.43 Å². The average molecular weight is 245 g/mol. The first kappa shape index (κ1) is 13.1. The third-order valence-corrected chi connectivity index (χ3v) is 3.78. The highest BCUT2D eigenvalue weighted by Crippen LogP contribution is 2.36. The molecule has 1 heterocycles. The first-order valence-corrected chi connectivity index (χ1v) is 6.78. The van der Waals surface area contributed by atoms with Gasteiger partial charge in [-0.15, -0.1) is 0 Å². The van der Waals surface area contributed by atoms with Crippen molar-refractivity contribution in [3.8, 4) is 0 Å². The van der Waals surface area contributed by atoms with Gasteiger partial charge < -0.3 is 0 Å². The standard InChI is InChI=1S/C15H23N3/c1-15(2,3)12-7-9-13(10-8-12)17-18-14-6-4-5-11-16-14/h4-6,11-12H,7-10H2,1-3H3,(H,16,18). The van der Waals surface area contributed by atoms with Gasteiger partial charge in [0.05, 0.1) is 0 Å². The number of nitrogens with zero attached hydrogens (tertiary/aromatic N) is 2. The molecular weight excluding hydrogens is 222 g/mol. The topological polar surface area (TPSA) is 37.3 Å². The van der Waals surface area contributed by atoms with Crippen LogP contribution >= 0.6 is 0 Å². The Morgan fingerprint density at radius 2 is 1.94 bits per heavy atom. The van der Waals surface area contributed by atoms with Gasteiger partial charge in [-0.2, -0.15) is 5.10 Å². The van der Waals surface area contributed by atoms with E-state index in [9.17, 15) is 0 Å². The lowest BCUT2D eigenvalue weighted by molar-refractivity contribution is 0.208. The average Bonchev–Trinajstić information content (AvgIpc) is 2.37. The SMILES string of the molecule is CC(C)(C)C1CCC(=NNc2ccccn2)CC1. The van der Waals surface area contributed by atoms with Crippen LogP contribution in [0.1, 0.15) is 46.5 Å². The first-order valence-electron chi connectivity index (χ1n) is 6.78. The van der Waals surface area contributed by atoms with Crippen molar-refractivity contribution >= 4 is 11.5 Å². The number of nitrogens with one attached hydrogen (secondary N) is 1. The van der Waals surface area contributed by atoms with Crippen LogP contribution in [-0.4, -0.2) is 10.7 Å². The molecule has 1 aromatic heterocycles. The van der Waals surface area contributed by atoms with Crippen molar-refractivity contribution < 1.29 is 0 Å². The van der Waals surface area contributed by atoms with E-state index < -0.39 is 0 Å². The van der Waals surface area contributed by atoms with E-state index in [1.54, 1.807) is 6.20 Å². The highest BCUT2D eigenvalue weighted by molar-refractivity contribution is 5.85. The molecule has 3 nitrogen and oxygen atoms in total. The maximum absolute atomic E-state index is 4.47. The summed E-state index contributed by atoms with van der Waals surface area (Å²) in [7, 11) is 0. The third kappa shape index (κ3) is 3.56. The monoisotopic (exact) mass is 245 g/mol. The Hall–Kier alpha value is -1.38. The largest absolute Gasteiger partial charge is 0.261 e. The summed E-state index contributed by atoms with van der Waals surface area (Å²) in [6, 6.07) is 5.81. The molecule has 1 saturated carbocycles. The second kappa shape index (κ2) is 5.51. The maximum atomic E-state index is 4.47. The van der Waals surface area contributed by atoms with Gasteiger partial charge in [-0.25, -0.2) is 4.98 Å². The minimum Gasteiger partial charge on any atom is -0.261 e. The van der Waals surface area contributed by atoms with Gasteiger partial charge in [0, 0.05) is 11.9 Å². The second-order valence-electron chi connectivity index (χ2n) is 6.15. The molecule has 0 amide bonds. The van der Waals surface area contributed by atoms with E-state index in [0.29, 0.717) is 5.41 Å². The Morgan fingerprint density at radius 1 is 1.22 bits per heavy atom. The van der Waals surface area contributed by atoms with Crippen molar-refractivity contribution in [1.29, 1.82) is 0 Å². The summed E-state index contributed by atoms with van der Waals surface area (Å²) in [5.41, 5.74) is 4.75. The zero-order valence-corrected chi connectivity index (χ0v) is 11.6. The fourth-order valence-corrected chi connectivity index (χ4v) is 2.49. The van der Waals surface area contributed by atoms with Gasteiger partial charge in [-0.3, -0.25) is 5.43 Å². The minimum absolute atomic E-state index is 0.431. The van der Waals surface area contributed by atoms with Crippen molar-refractivity contribution in [3.63, 3.8) is 0 Å². The first-order chi connectivity index (χ1) is 8.55. The van der Waals surface area contributed by atoms with Crippen molar-refractivity contribution in [3.05, 3.63) is 24.4 Å². The van der Waals surface area contributed by atoms with Crippen LogP contribution in [0.25, 0.3) is 0 Å². The Labute approximate surface area is 110 Å². The number of aromatic nitrogens is 1. The molecule has 2 rings (SSSR count). The summed E-state index contributed by atoms with van der Waals surface area (Å²) in [4.78, 5) is 4.20. The molecular formula is C15H23N3. The van der Waals surface area contributed by atoms with Crippen LogP contribution in [0.15, 0.2) is 29.5 Å². The van der Waals surface area contributed by atoms with Gasteiger partial charge in [-0.05, 0) is 49.1 Å². The number of hydrogen-bond donors (Lipinski definition) is 1. The molecule has 0 unspecified atom stereocenters. The lowest BCUT2D eigenvalue weighted by Crippen LogP contribution is -2.26. The summed E-state index contributed by atoms with van der Waals surface area (Å²) in [6.45, 7) is 7.02. The van der Waals surface area contributed by atoms with Crippen LogP contribution in [-0.2, 0) is 0 Å². The molecule has 0 spiro atoms. The molecule has 98 valence electrons. The summed E-state index contributed by atoms with van der Waals surface area (Å²) in [6.07, 6.45) is 6.51. The van der Waals surface area contributed by atoms with Crippen LogP contribution in [0.5, 0.6) is 0 Å². The lowest BCUT2D eigenvalue weighted by atomic mass is 9.72. The molecule has 1 fully saturated rings. The normalized spacial score (nSPS) is 20.6. The quantitative estimate of drug-likeness (QED) is 0.797. The second-order valence-corrected chi connectivity index (χ2v) is 6.15. The molecule has 0 aliphatic heterocycles. The number of pyridine rings is 1. The van der Waals surface area contributed by atoms with E-state index in [2.05, 4.69) is 36.3 Å². The molecule has 1 aromatic rings. The van der Waals surface area contributed by atoms with Crippen LogP contribution in [0.2, 0.25) is 0 Å². The Kier molecular flexibility index (Phi) is 4.00. The highest BCUT2D eigenvalue weighted by Gasteiger charge is 2.27. The summed E-state index contributed by atoms with van der Waals surface area (Å²) < 4.78 is 0. The molecule has 18 heavy (non-hydrogen) atoms. The Bertz CT molecular complexity index is 393. The van der Waals surface area contributed by atoms with Gasteiger partial charge in [0.25, 0.3) is 0 Å². The van der Waals surface area contributed by atoms with Gasteiger partial charge in [0.2, 0.25) is 0 Å². The van der Waals surface area contributed by atoms with Crippen LogP contribution in [0.3, 0.4) is 0 Å². The molecule has 0 aromatic carbocycles. The lowest BCUT2D eigenvalue weighted by Gasteiger charge is -2.34. The van der Waals surface area contributed by atoms with E-state index in [-0.39, 0.29) is 0 Å². The van der Waals surface area contributed by atoms with E-state index >= 15 is 0 Å². The summed E-state index contributed by atoms with van der Waals surface area (Å²) in [5.74, 6) is 1.65. The van der Waals surface area contributed by atoms with Crippen molar-refractivity contribution in [1.82, 2.24) is 4.98 Å². The zero-order valence-electron chi connectivity index (χ0n) is 11.6. The number of hydrogen-bond acceptors (Lipinski definition) is 3. The van der Waals surface area contributed by atoms with Crippen molar-refractivity contribution in [2.45, 2.75) is 46.5 Å². The zero-order chi connectivity index (χ0) is 13.0. The molecule has 1 N–H and O–H groups in total. The minimum atomic E-state index is 0.431. The highest BCUT2D eigenvalue weighted by atomic mass is 15.3. The molecule has 1 aliphatic carbocycles. The van der Waals surface area contributed by atoms with Gasteiger partial charge in [0.15, 0.2) is 0 Å². The fraction of sp³-hybridized carbons (Fsp3) is 0.600. The van der Waals surface area contributed by atoms with Gasteiger partial charge in [-0.1, -0.05) is 26.8 Å². The Balaban J connectivity index is 1.86. The molecule has 0 bridgehead atoms. The summed E-state index contributed by atoms with van der Waals surface area (Å²) >= 11 is 0. The van der Waals surface area contributed by atoms with Crippen molar-refractivity contribution in [2.75, 3.05) is 5.43 Å².